The summed E-state index contributed by atoms with van der Waals surface area (Å²) in [5.41, 5.74) is 1.46. The molecule has 100 valence electrons. The van der Waals surface area contributed by atoms with Crippen LogP contribution in [0.1, 0.15) is 44.6 Å². The van der Waals surface area contributed by atoms with Crippen molar-refractivity contribution in [3.63, 3.8) is 0 Å². The normalized spacial score (nSPS) is 24.4. The van der Waals surface area contributed by atoms with Crippen molar-refractivity contribution in [2.75, 3.05) is 13.7 Å². The van der Waals surface area contributed by atoms with Crippen molar-refractivity contribution in [3.8, 4) is 5.75 Å². The second-order valence-corrected chi connectivity index (χ2v) is 5.56. The molecule has 1 aliphatic rings. The van der Waals surface area contributed by atoms with E-state index in [1.54, 1.807) is 7.11 Å². The van der Waals surface area contributed by atoms with Crippen LogP contribution in [-0.4, -0.2) is 19.7 Å². The van der Waals surface area contributed by atoms with Gasteiger partial charge in [-0.3, -0.25) is 0 Å². The molecule has 1 unspecified atom stereocenters. The molecule has 0 aromatic heterocycles. The maximum atomic E-state index is 5.19. The molecule has 2 nitrogen and oxygen atoms in total. The van der Waals surface area contributed by atoms with E-state index in [-0.39, 0.29) is 0 Å². The predicted molar refractivity (Wildman–Crippen MR) is 76.2 cm³/mol. The van der Waals surface area contributed by atoms with E-state index in [0.29, 0.717) is 0 Å². The summed E-state index contributed by atoms with van der Waals surface area (Å²) >= 11 is 0. The average molecular weight is 247 g/mol. The van der Waals surface area contributed by atoms with E-state index in [1.165, 1.54) is 24.8 Å². The molecule has 2 rings (SSSR count). The minimum absolute atomic E-state index is 0.728. The number of methoxy groups -OCH3 is 1. The van der Waals surface area contributed by atoms with Crippen LogP contribution >= 0.6 is 0 Å². The van der Waals surface area contributed by atoms with Crippen molar-refractivity contribution >= 4 is 0 Å². The van der Waals surface area contributed by atoms with E-state index in [1.807, 2.05) is 0 Å². The molecule has 1 fully saturated rings. The fourth-order valence-electron chi connectivity index (χ4n) is 2.44. The number of hydrogen-bond acceptors (Lipinski definition) is 2. The third-order valence-electron chi connectivity index (χ3n) is 4.18. The maximum absolute atomic E-state index is 5.19. The topological polar surface area (TPSA) is 21.3 Å². The van der Waals surface area contributed by atoms with E-state index in [9.17, 15) is 0 Å². The molecule has 0 saturated heterocycles. The van der Waals surface area contributed by atoms with E-state index < -0.39 is 0 Å². The van der Waals surface area contributed by atoms with Gasteiger partial charge in [-0.2, -0.15) is 0 Å². The Labute approximate surface area is 111 Å². The van der Waals surface area contributed by atoms with Crippen molar-refractivity contribution in [1.82, 2.24) is 5.32 Å². The Kier molecular flexibility index (Phi) is 4.65. The minimum Gasteiger partial charge on any atom is -0.497 e. The first-order valence-corrected chi connectivity index (χ1v) is 7.10. The molecule has 18 heavy (non-hydrogen) atoms. The largest absolute Gasteiger partial charge is 0.497 e. The Hall–Kier alpha value is -1.02. The summed E-state index contributed by atoms with van der Waals surface area (Å²) in [5.74, 6) is 2.49. The molecule has 0 bridgehead atoms. The zero-order valence-corrected chi connectivity index (χ0v) is 11.8. The Morgan fingerprint density at radius 2 is 1.94 bits per heavy atom. The molecule has 0 amide bonds. The molecule has 1 saturated carbocycles. The summed E-state index contributed by atoms with van der Waals surface area (Å²) in [6.45, 7) is 5.73. The first-order valence-electron chi connectivity index (χ1n) is 7.10. The lowest BCUT2D eigenvalue weighted by atomic mass is 9.76. The SMILES string of the molecule is CCC(C)CNC1CC(c2ccc(OC)cc2)C1. The number of benzene rings is 1. The van der Waals surface area contributed by atoms with Crippen LogP contribution in [0.4, 0.5) is 0 Å². The van der Waals surface area contributed by atoms with Gasteiger partial charge in [-0.15, -0.1) is 0 Å². The van der Waals surface area contributed by atoms with Crippen LogP contribution < -0.4 is 10.1 Å². The molecular formula is C16H25NO. The highest BCUT2D eigenvalue weighted by Gasteiger charge is 2.29. The van der Waals surface area contributed by atoms with Gasteiger partial charge >= 0.3 is 0 Å². The zero-order valence-electron chi connectivity index (χ0n) is 11.8. The molecule has 1 aliphatic carbocycles. The van der Waals surface area contributed by atoms with Crippen LogP contribution in [0, 0.1) is 5.92 Å². The quantitative estimate of drug-likeness (QED) is 0.829. The van der Waals surface area contributed by atoms with Crippen LogP contribution in [0.2, 0.25) is 0 Å². The standard InChI is InChI=1S/C16H25NO/c1-4-12(2)11-17-15-9-14(10-15)13-5-7-16(18-3)8-6-13/h5-8,12,14-15,17H,4,9-11H2,1-3H3. The molecule has 1 aromatic rings. The number of nitrogens with one attached hydrogen (secondary N) is 1. The molecule has 0 radical (unpaired) electrons. The monoisotopic (exact) mass is 247 g/mol. The lowest BCUT2D eigenvalue weighted by Gasteiger charge is -2.37. The van der Waals surface area contributed by atoms with Crippen molar-refractivity contribution in [1.29, 1.82) is 0 Å². The van der Waals surface area contributed by atoms with Crippen molar-refractivity contribution < 1.29 is 4.74 Å². The second kappa shape index (κ2) is 6.24. The summed E-state index contributed by atoms with van der Waals surface area (Å²) < 4.78 is 5.19. The van der Waals surface area contributed by atoms with Crippen LogP contribution in [-0.2, 0) is 0 Å². The van der Waals surface area contributed by atoms with E-state index in [2.05, 4.69) is 43.4 Å². The third kappa shape index (κ3) is 3.26. The Balaban J connectivity index is 1.74. The zero-order chi connectivity index (χ0) is 13.0. The molecule has 1 N–H and O–H groups in total. The van der Waals surface area contributed by atoms with E-state index >= 15 is 0 Å². The molecule has 0 spiro atoms. The highest BCUT2D eigenvalue weighted by atomic mass is 16.5. The summed E-state index contributed by atoms with van der Waals surface area (Å²) in [5, 5.41) is 3.67. The van der Waals surface area contributed by atoms with Crippen LogP contribution in [0.25, 0.3) is 0 Å². The fourth-order valence-corrected chi connectivity index (χ4v) is 2.44. The van der Waals surface area contributed by atoms with Crippen molar-refractivity contribution in [2.24, 2.45) is 5.92 Å². The van der Waals surface area contributed by atoms with Gasteiger partial charge in [0.15, 0.2) is 0 Å². The molecule has 1 atom stereocenters. The molecule has 1 aromatic carbocycles. The smallest absolute Gasteiger partial charge is 0.118 e. The van der Waals surface area contributed by atoms with Gasteiger partial charge in [0, 0.05) is 6.04 Å². The molecule has 0 aliphatic heterocycles. The first-order chi connectivity index (χ1) is 8.72. The van der Waals surface area contributed by atoms with Gasteiger partial charge in [0.05, 0.1) is 7.11 Å². The van der Waals surface area contributed by atoms with E-state index in [4.69, 9.17) is 4.74 Å². The molecule has 2 heteroatoms. The number of ether oxygens (including phenoxy) is 1. The fraction of sp³-hybridized carbons (Fsp3) is 0.625. The van der Waals surface area contributed by atoms with Gasteiger partial charge in [-0.1, -0.05) is 32.4 Å². The van der Waals surface area contributed by atoms with Gasteiger partial charge in [0.2, 0.25) is 0 Å². The maximum Gasteiger partial charge on any atom is 0.118 e. The lowest BCUT2D eigenvalue weighted by molar-refractivity contribution is 0.277. The Bertz CT molecular complexity index is 354. The minimum atomic E-state index is 0.728. The summed E-state index contributed by atoms with van der Waals surface area (Å²) in [7, 11) is 1.72. The van der Waals surface area contributed by atoms with Gasteiger partial charge in [0.1, 0.15) is 5.75 Å². The summed E-state index contributed by atoms with van der Waals surface area (Å²) in [6, 6.07) is 9.26. The third-order valence-corrected chi connectivity index (χ3v) is 4.18. The lowest BCUT2D eigenvalue weighted by Crippen LogP contribution is -2.41. The van der Waals surface area contributed by atoms with Crippen LogP contribution in [0.5, 0.6) is 5.75 Å². The van der Waals surface area contributed by atoms with Gasteiger partial charge in [-0.05, 0) is 48.9 Å². The number of hydrogen-bond donors (Lipinski definition) is 1. The predicted octanol–water partition coefficient (Wildman–Crippen LogP) is 3.58. The first kappa shape index (κ1) is 13.4. The van der Waals surface area contributed by atoms with Crippen molar-refractivity contribution in [3.05, 3.63) is 29.8 Å². The summed E-state index contributed by atoms with van der Waals surface area (Å²) in [4.78, 5) is 0. The van der Waals surface area contributed by atoms with Crippen LogP contribution in [0.3, 0.4) is 0 Å². The van der Waals surface area contributed by atoms with E-state index in [0.717, 1.165) is 30.2 Å². The van der Waals surface area contributed by atoms with Crippen LogP contribution in [0.15, 0.2) is 24.3 Å². The highest BCUT2D eigenvalue weighted by Crippen LogP contribution is 2.37. The summed E-state index contributed by atoms with van der Waals surface area (Å²) in [6.07, 6.45) is 3.83. The Morgan fingerprint density at radius 1 is 1.28 bits per heavy atom. The van der Waals surface area contributed by atoms with Gasteiger partial charge in [-0.25, -0.2) is 0 Å². The number of rotatable bonds is 6. The highest BCUT2D eigenvalue weighted by molar-refractivity contribution is 5.30. The molecular weight excluding hydrogens is 222 g/mol. The van der Waals surface area contributed by atoms with Gasteiger partial charge in [0.25, 0.3) is 0 Å². The molecule has 0 heterocycles. The average Bonchev–Trinajstić information content (AvgIpc) is 2.37. The second-order valence-electron chi connectivity index (χ2n) is 5.56. The van der Waals surface area contributed by atoms with Gasteiger partial charge < -0.3 is 10.1 Å². The Morgan fingerprint density at radius 3 is 2.50 bits per heavy atom. The van der Waals surface area contributed by atoms with Crippen molar-refractivity contribution in [2.45, 2.75) is 45.1 Å².